The summed E-state index contributed by atoms with van der Waals surface area (Å²) in [5, 5.41) is 0.297. The summed E-state index contributed by atoms with van der Waals surface area (Å²) in [5.74, 6) is 0.775. The molecule has 21 heavy (non-hydrogen) atoms. The third kappa shape index (κ3) is 2.60. The number of nitrogen functional groups attached to an aromatic ring is 2. The lowest BCUT2D eigenvalue weighted by atomic mass is 10.0. The van der Waals surface area contributed by atoms with Crippen molar-refractivity contribution in [1.82, 2.24) is 0 Å². The van der Waals surface area contributed by atoms with E-state index in [0.717, 1.165) is 0 Å². The first-order valence-electron chi connectivity index (χ1n) is 6.34. The van der Waals surface area contributed by atoms with Crippen LogP contribution in [0, 0.1) is 0 Å². The van der Waals surface area contributed by atoms with Crippen LogP contribution in [0.1, 0.15) is 15.9 Å². The lowest BCUT2D eigenvalue weighted by Gasteiger charge is -2.19. The normalized spacial score (nSPS) is 13.0. The highest BCUT2D eigenvalue weighted by molar-refractivity contribution is 6.35. The number of ether oxygens (including phenoxy) is 2. The minimum absolute atomic E-state index is 0.268. The molecule has 0 aromatic heterocycles. The lowest BCUT2D eigenvalue weighted by molar-refractivity contribution is 0.103. The first-order chi connectivity index (χ1) is 10.0. The van der Waals surface area contributed by atoms with Gasteiger partial charge in [-0.2, -0.15) is 0 Å². The maximum absolute atomic E-state index is 12.6. The van der Waals surface area contributed by atoms with Gasteiger partial charge in [-0.05, 0) is 24.3 Å². The molecule has 0 atom stereocenters. The van der Waals surface area contributed by atoms with Gasteiger partial charge < -0.3 is 20.9 Å². The summed E-state index contributed by atoms with van der Waals surface area (Å²) >= 11 is 6.17. The van der Waals surface area contributed by atoms with Gasteiger partial charge in [0.2, 0.25) is 0 Å². The molecule has 1 heterocycles. The van der Waals surface area contributed by atoms with Crippen LogP contribution in [0.2, 0.25) is 5.02 Å². The van der Waals surface area contributed by atoms with Crippen molar-refractivity contribution < 1.29 is 14.3 Å². The van der Waals surface area contributed by atoms with Crippen molar-refractivity contribution >= 4 is 28.8 Å². The number of carbonyl (C=O) groups is 1. The van der Waals surface area contributed by atoms with Crippen LogP contribution in [-0.4, -0.2) is 19.0 Å². The van der Waals surface area contributed by atoms with E-state index in [9.17, 15) is 4.79 Å². The predicted molar refractivity (Wildman–Crippen MR) is 81.1 cm³/mol. The number of ketones is 1. The Hall–Kier alpha value is -2.40. The Morgan fingerprint density at radius 1 is 0.952 bits per heavy atom. The van der Waals surface area contributed by atoms with Crippen LogP contribution in [0.25, 0.3) is 0 Å². The van der Waals surface area contributed by atoms with E-state index >= 15 is 0 Å². The smallest absolute Gasteiger partial charge is 0.194 e. The van der Waals surface area contributed by atoms with Gasteiger partial charge in [0, 0.05) is 28.6 Å². The average Bonchev–Trinajstić information content (AvgIpc) is 2.44. The van der Waals surface area contributed by atoms with Crippen molar-refractivity contribution in [2.24, 2.45) is 0 Å². The molecule has 0 aliphatic carbocycles. The zero-order chi connectivity index (χ0) is 15.0. The van der Waals surface area contributed by atoms with E-state index < -0.39 is 0 Å². The summed E-state index contributed by atoms with van der Waals surface area (Å²) in [6.45, 7) is 0.899. The number of benzene rings is 2. The summed E-state index contributed by atoms with van der Waals surface area (Å²) < 4.78 is 10.9. The number of nitrogens with two attached hydrogens (primary N) is 2. The van der Waals surface area contributed by atoms with E-state index in [1.54, 1.807) is 30.3 Å². The zero-order valence-corrected chi connectivity index (χ0v) is 11.8. The van der Waals surface area contributed by atoms with Gasteiger partial charge in [-0.1, -0.05) is 11.6 Å². The summed E-state index contributed by atoms with van der Waals surface area (Å²) in [6, 6.07) is 7.87. The Morgan fingerprint density at radius 2 is 1.52 bits per heavy atom. The van der Waals surface area contributed by atoms with Crippen LogP contribution < -0.4 is 20.9 Å². The van der Waals surface area contributed by atoms with E-state index in [-0.39, 0.29) is 5.78 Å². The monoisotopic (exact) mass is 304 g/mol. The minimum atomic E-state index is -0.268. The molecule has 0 radical (unpaired) electrons. The van der Waals surface area contributed by atoms with Gasteiger partial charge in [0.25, 0.3) is 0 Å². The number of hydrogen-bond acceptors (Lipinski definition) is 5. The number of carbonyl (C=O) groups excluding carboxylic acids is 1. The van der Waals surface area contributed by atoms with Crippen LogP contribution in [0.5, 0.6) is 11.5 Å². The molecule has 5 nitrogen and oxygen atoms in total. The highest BCUT2D eigenvalue weighted by Crippen LogP contribution is 2.36. The molecule has 0 saturated carbocycles. The fourth-order valence-corrected chi connectivity index (χ4v) is 2.44. The van der Waals surface area contributed by atoms with Crippen molar-refractivity contribution in [2.45, 2.75) is 0 Å². The summed E-state index contributed by atoms with van der Waals surface area (Å²) in [5.41, 5.74) is 13.0. The van der Waals surface area contributed by atoms with Crippen LogP contribution in [0.4, 0.5) is 11.4 Å². The lowest BCUT2D eigenvalue weighted by Crippen LogP contribution is -2.16. The Morgan fingerprint density at radius 3 is 2.14 bits per heavy atom. The first-order valence-corrected chi connectivity index (χ1v) is 6.72. The van der Waals surface area contributed by atoms with Gasteiger partial charge in [0.15, 0.2) is 17.3 Å². The van der Waals surface area contributed by atoms with Crippen molar-refractivity contribution in [3.05, 3.63) is 46.5 Å². The molecule has 2 aromatic carbocycles. The Kier molecular flexibility index (Phi) is 3.35. The molecule has 3 rings (SSSR count). The molecular formula is C15H13ClN2O3. The van der Waals surface area contributed by atoms with E-state index in [1.807, 2.05) is 0 Å². The molecule has 0 saturated heterocycles. The molecule has 0 fully saturated rings. The Bertz CT molecular complexity index is 711. The standard InChI is InChI=1S/C15H13ClN2O3/c16-12-7-14-13(20-1-2-21-14)6-11(12)15(19)8-3-9(17)5-10(18)4-8/h3-7H,1-2,17-18H2. The second-order valence-electron chi connectivity index (χ2n) is 4.69. The fraction of sp³-hybridized carbons (Fsp3) is 0.133. The molecular weight excluding hydrogens is 292 g/mol. The summed E-state index contributed by atoms with van der Waals surface area (Å²) in [6.07, 6.45) is 0. The summed E-state index contributed by atoms with van der Waals surface area (Å²) in [7, 11) is 0. The molecule has 2 aromatic rings. The molecule has 1 aliphatic heterocycles. The van der Waals surface area contributed by atoms with Gasteiger partial charge in [-0.3, -0.25) is 4.79 Å². The SMILES string of the molecule is Nc1cc(N)cc(C(=O)c2cc3c(cc2Cl)OCCO3)c1. The number of fused-ring (bicyclic) bond motifs is 1. The van der Waals surface area contributed by atoms with Crippen LogP contribution in [0.15, 0.2) is 30.3 Å². The van der Waals surface area contributed by atoms with Crippen molar-refractivity contribution in [3.8, 4) is 11.5 Å². The second-order valence-corrected chi connectivity index (χ2v) is 5.10. The number of halogens is 1. The van der Waals surface area contributed by atoms with Crippen LogP contribution in [-0.2, 0) is 0 Å². The van der Waals surface area contributed by atoms with Crippen LogP contribution >= 0.6 is 11.6 Å². The zero-order valence-electron chi connectivity index (χ0n) is 11.1. The predicted octanol–water partition coefficient (Wildman–Crippen LogP) is 2.51. The highest BCUT2D eigenvalue weighted by atomic mass is 35.5. The molecule has 0 unspecified atom stereocenters. The van der Waals surface area contributed by atoms with E-state index in [4.69, 9.17) is 32.5 Å². The molecule has 4 N–H and O–H groups in total. The topological polar surface area (TPSA) is 87.6 Å². The number of anilines is 2. The maximum Gasteiger partial charge on any atom is 0.194 e. The third-order valence-electron chi connectivity index (χ3n) is 3.12. The second kappa shape index (κ2) is 5.18. The first kappa shape index (κ1) is 13.6. The van der Waals surface area contributed by atoms with Crippen LogP contribution in [0.3, 0.4) is 0 Å². The molecule has 0 bridgehead atoms. The third-order valence-corrected chi connectivity index (χ3v) is 3.43. The Labute approximate surface area is 126 Å². The average molecular weight is 305 g/mol. The van der Waals surface area contributed by atoms with Crippen molar-refractivity contribution in [2.75, 3.05) is 24.7 Å². The number of rotatable bonds is 2. The molecule has 6 heteroatoms. The highest BCUT2D eigenvalue weighted by Gasteiger charge is 2.20. The molecule has 1 aliphatic rings. The van der Waals surface area contributed by atoms with E-state index in [1.165, 1.54) is 0 Å². The van der Waals surface area contributed by atoms with Crippen molar-refractivity contribution in [3.63, 3.8) is 0 Å². The molecule has 0 amide bonds. The minimum Gasteiger partial charge on any atom is -0.486 e. The van der Waals surface area contributed by atoms with Gasteiger partial charge in [0.1, 0.15) is 13.2 Å². The molecule has 108 valence electrons. The fourth-order valence-electron chi connectivity index (χ4n) is 2.20. The summed E-state index contributed by atoms with van der Waals surface area (Å²) in [4.78, 5) is 12.6. The Balaban J connectivity index is 2.05. The van der Waals surface area contributed by atoms with Gasteiger partial charge >= 0.3 is 0 Å². The van der Waals surface area contributed by atoms with Gasteiger partial charge in [-0.15, -0.1) is 0 Å². The molecule has 0 spiro atoms. The largest absolute Gasteiger partial charge is 0.486 e. The van der Waals surface area contributed by atoms with Gasteiger partial charge in [-0.25, -0.2) is 0 Å². The van der Waals surface area contributed by atoms with E-state index in [2.05, 4.69) is 0 Å². The van der Waals surface area contributed by atoms with E-state index in [0.29, 0.717) is 52.2 Å². The number of hydrogen-bond donors (Lipinski definition) is 2. The quantitative estimate of drug-likeness (QED) is 0.657. The van der Waals surface area contributed by atoms with Crippen molar-refractivity contribution in [1.29, 1.82) is 0 Å². The van der Waals surface area contributed by atoms with Gasteiger partial charge in [0.05, 0.1) is 5.02 Å². The maximum atomic E-state index is 12.6.